The van der Waals surface area contributed by atoms with Crippen molar-refractivity contribution in [2.75, 3.05) is 11.9 Å². The van der Waals surface area contributed by atoms with Gasteiger partial charge < -0.3 is 19.5 Å². The number of rotatable bonds is 11. The molecule has 0 amide bonds. The number of hydrogen-bond acceptors (Lipinski definition) is 8. The molecule has 45 heavy (non-hydrogen) atoms. The van der Waals surface area contributed by atoms with Gasteiger partial charge in [0.25, 0.3) is 0 Å². The Labute approximate surface area is 289 Å². The molecule has 0 bridgehead atoms. The van der Waals surface area contributed by atoms with Crippen LogP contribution in [0.3, 0.4) is 0 Å². The van der Waals surface area contributed by atoms with E-state index in [0.717, 1.165) is 5.56 Å². The topological polar surface area (TPSA) is 87.5 Å². The number of hydrogen-bond donors (Lipinski definition) is 1. The highest BCUT2D eigenvalue weighted by Crippen LogP contribution is 2.44. The summed E-state index contributed by atoms with van der Waals surface area (Å²) in [5.74, 6) is 1.53. The van der Waals surface area contributed by atoms with Crippen molar-refractivity contribution in [2.45, 2.75) is 57.4 Å². The number of thioether (sulfide) groups is 1. The van der Waals surface area contributed by atoms with Gasteiger partial charge in [-0.15, -0.1) is 5.10 Å². The van der Waals surface area contributed by atoms with Crippen molar-refractivity contribution in [2.24, 2.45) is 0 Å². The normalized spacial score (nSPS) is 14.3. The Bertz CT molecular complexity index is 1740. The van der Waals surface area contributed by atoms with Crippen molar-refractivity contribution < 1.29 is 19.0 Å². The predicted molar refractivity (Wildman–Crippen MR) is 183 cm³/mol. The standard InChI is InChI=1S/C32H30BrCl3N4O4S/c1-5-42-26-14-20(13-22(33)29(26)43-15-21-24(35)11-8-12-25(21)36)28-27(30(41)44-17(2)3)18(4)37-31-38-32(39-40(28)31)45-16-19-9-6-7-10-23(19)34/h6-14,17,28H,5,15-16H2,1-4H3,(H,37,38,39). The average Bonchev–Trinajstić information content (AvgIpc) is 3.38. The maximum Gasteiger partial charge on any atom is 0.338 e. The molecule has 1 N–H and O–H groups in total. The van der Waals surface area contributed by atoms with Gasteiger partial charge in [-0.05, 0) is 85.1 Å². The molecule has 13 heteroatoms. The molecule has 1 aliphatic heterocycles. The highest BCUT2D eigenvalue weighted by atomic mass is 79.9. The molecule has 236 valence electrons. The van der Waals surface area contributed by atoms with Gasteiger partial charge in [-0.2, -0.15) is 4.98 Å². The third-order valence-electron chi connectivity index (χ3n) is 6.78. The molecule has 1 atom stereocenters. The second-order valence-corrected chi connectivity index (χ2v) is 13.3. The Balaban J connectivity index is 1.55. The molecular weight excluding hydrogens is 723 g/mol. The van der Waals surface area contributed by atoms with Crippen LogP contribution in [-0.2, 0) is 21.9 Å². The van der Waals surface area contributed by atoms with Crippen LogP contribution in [-0.4, -0.2) is 33.4 Å². The lowest BCUT2D eigenvalue weighted by Crippen LogP contribution is -2.30. The number of aromatic nitrogens is 3. The largest absolute Gasteiger partial charge is 0.490 e. The molecule has 5 rings (SSSR count). The van der Waals surface area contributed by atoms with Crippen LogP contribution in [0.1, 0.15) is 50.4 Å². The van der Waals surface area contributed by atoms with Gasteiger partial charge in [-0.3, -0.25) is 0 Å². The van der Waals surface area contributed by atoms with E-state index in [4.69, 9.17) is 59.1 Å². The number of benzene rings is 3. The molecule has 0 saturated carbocycles. The number of ether oxygens (including phenoxy) is 3. The summed E-state index contributed by atoms with van der Waals surface area (Å²) in [5, 5.41) is 10.3. The molecule has 0 spiro atoms. The van der Waals surface area contributed by atoms with Crippen LogP contribution in [0.4, 0.5) is 5.95 Å². The first-order chi connectivity index (χ1) is 21.6. The summed E-state index contributed by atoms with van der Waals surface area (Å²) >= 11 is 24.3. The van der Waals surface area contributed by atoms with Crippen LogP contribution in [0.5, 0.6) is 11.5 Å². The van der Waals surface area contributed by atoms with E-state index in [-0.39, 0.29) is 12.7 Å². The van der Waals surface area contributed by atoms with Crippen LogP contribution < -0.4 is 14.8 Å². The van der Waals surface area contributed by atoms with Crippen molar-refractivity contribution in [3.63, 3.8) is 0 Å². The zero-order valence-corrected chi connectivity index (χ0v) is 29.5. The van der Waals surface area contributed by atoms with Gasteiger partial charge in [-0.1, -0.05) is 70.8 Å². The van der Waals surface area contributed by atoms with Crippen molar-refractivity contribution >= 4 is 74.4 Å². The van der Waals surface area contributed by atoms with E-state index in [1.807, 2.05) is 64.1 Å². The lowest BCUT2D eigenvalue weighted by atomic mass is 9.95. The number of nitrogens with one attached hydrogen (secondary N) is 1. The Kier molecular flexibility index (Phi) is 10.9. The summed E-state index contributed by atoms with van der Waals surface area (Å²) in [7, 11) is 0. The van der Waals surface area contributed by atoms with Crippen molar-refractivity contribution in [1.82, 2.24) is 14.8 Å². The van der Waals surface area contributed by atoms with E-state index < -0.39 is 12.0 Å². The maximum absolute atomic E-state index is 13.6. The molecule has 1 aromatic heterocycles. The van der Waals surface area contributed by atoms with Gasteiger partial charge in [-0.25, -0.2) is 9.48 Å². The Morgan fingerprint density at radius 2 is 1.78 bits per heavy atom. The lowest BCUT2D eigenvalue weighted by Gasteiger charge is -2.29. The molecule has 2 heterocycles. The first-order valence-corrected chi connectivity index (χ1v) is 17.0. The summed E-state index contributed by atoms with van der Waals surface area (Å²) in [4.78, 5) is 18.3. The quantitative estimate of drug-likeness (QED) is 0.120. The summed E-state index contributed by atoms with van der Waals surface area (Å²) in [6.07, 6.45) is -0.324. The van der Waals surface area contributed by atoms with E-state index in [1.165, 1.54) is 11.8 Å². The predicted octanol–water partition coefficient (Wildman–Crippen LogP) is 9.51. The number of nitrogens with zero attached hydrogens (tertiary/aromatic N) is 3. The SMILES string of the molecule is CCOc1cc(C2C(C(=O)OC(C)C)=C(C)Nc3nc(SCc4ccccc4Cl)nn32)cc(Br)c1OCc1c(Cl)cccc1Cl. The maximum atomic E-state index is 13.6. The zero-order valence-electron chi connectivity index (χ0n) is 24.9. The Morgan fingerprint density at radius 3 is 2.47 bits per heavy atom. The van der Waals surface area contributed by atoms with E-state index in [1.54, 1.807) is 22.9 Å². The van der Waals surface area contributed by atoms with Crippen LogP contribution in [0.25, 0.3) is 0 Å². The molecule has 0 saturated heterocycles. The number of esters is 1. The van der Waals surface area contributed by atoms with Crippen LogP contribution in [0.15, 0.2) is 75.5 Å². The third-order valence-corrected chi connectivity index (χ3v) is 9.33. The Hall–Kier alpha value is -2.89. The fourth-order valence-electron chi connectivity index (χ4n) is 4.76. The van der Waals surface area contributed by atoms with Crippen LogP contribution in [0.2, 0.25) is 15.1 Å². The van der Waals surface area contributed by atoms with Gasteiger partial charge in [0.1, 0.15) is 12.6 Å². The highest BCUT2D eigenvalue weighted by molar-refractivity contribution is 9.10. The number of halogens is 4. The first kappa shape index (κ1) is 33.5. The summed E-state index contributed by atoms with van der Waals surface area (Å²) in [6.45, 7) is 7.82. The second-order valence-electron chi connectivity index (χ2n) is 10.3. The third kappa shape index (κ3) is 7.58. The van der Waals surface area contributed by atoms with Crippen molar-refractivity contribution in [3.05, 3.63) is 102 Å². The molecule has 1 aliphatic rings. The lowest BCUT2D eigenvalue weighted by molar-refractivity contribution is -0.143. The number of allylic oxidation sites excluding steroid dienone is 1. The molecule has 0 fully saturated rings. The second kappa shape index (κ2) is 14.7. The Morgan fingerprint density at radius 1 is 1.07 bits per heavy atom. The van der Waals surface area contributed by atoms with Gasteiger partial charge in [0.2, 0.25) is 11.1 Å². The van der Waals surface area contributed by atoms with E-state index in [0.29, 0.717) is 76.9 Å². The monoisotopic (exact) mass is 750 g/mol. The minimum atomic E-state index is -0.683. The molecular formula is C32H30BrCl3N4O4S. The van der Waals surface area contributed by atoms with Crippen molar-refractivity contribution in [3.8, 4) is 11.5 Å². The molecule has 8 nitrogen and oxygen atoms in total. The number of fused-ring (bicyclic) bond motifs is 1. The molecule has 0 radical (unpaired) electrons. The molecule has 3 aromatic carbocycles. The minimum absolute atomic E-state index is 0.119. The summed E-state index contributed by atoms with van der Waals surface area (Å²) < 4.78 is 20.2. The van der Waals surface area contributed by atoms with E-state index >= 15 is 0 Å². The minimum Gasteiger partial charge on any atom is -0.490 e. The van der Waals surface area contributed by atoms with Gasteiger partial charge in [0, 0.05) is 32.1 Å². The fourth-order valence-corrected chi connectivity index (χ4v) is 6.96. The summed E-state index contributed by atoms with van der Waals surface area (Å²) in [5.41, 5.74) is 3.34. The average molecular weight is 753 g/mol. The highest BCUT2D eigenvalue weighted by Gasteiger charge is 2.36. The summed E-state index contributed by atoms with van der Waals surface area (Å²) in [6, 6.07) is 16.0. The molecule has 0 aliphatic carbocycles. The van der Waals surface area contributed by atoms with Crippen molar-refractivity contribution in [1.29, 1.82) is 0 Å². The molecule has 4 aromatic rings. The number of anilines is 1. The van der Waals surface area contributed by atoms with E-state index in [9.17, 15) is 4.79 Å². The number of carbonyl (C=O) groups is 1. The zero-order chi connectivity index (χ0) is 32.2. The van der Waals surface area contributed by atoms with Crippen LogP contribution in [0, 0.1) is 0 Å². The smallest absolute Gasteiger partial charge is 0.338 e. The van der Waals surface area contributed by atoms with E-state index in [2.05, 4.69) is 21.2 Å². The van der Waals surface area contributed by atoms with Gasteiger partial charge in [0.15, 0.2) is 11.5 Å². The number of carbonyl (C=O) groups excluding carboxylic acids is 1. The van der Waals surface area contributed by atoms with Crippen LogP contribution >= 0.6 is 62.5 Å². The van der Waals surface area contributed by atoms with Gasteiger partial charge in [0.05, 0.1) is 22.8 Å². The molecule has 1 unspecified atom stereocenters. The fraction of sp³-hybridized carbons (Fsp3) is 0.281. The first-order valence-electron chi connectivity index (χ1n) is 14.1. The van der Waals surface area contributed by atoms with Gasteiger partial charge >= 0.3 is 5.97 Å².